The maximum Gasteiger partial charge on any atom is 0.0479 e. The number of benzene rings is 4. The zero-order chi connectivity index (χ0) is 19.5. The lowest BCUT2D eigenvalue weighted by Crippen LogP contribution is -1.89. The average molecular weight is 375 g/mol. The van der Waals surface area contributed by atoms with Gasteiger partial charge in [-0.1, -0.05) is 54.6 Å². The zero-order valence-electron chi connectivity index (χ0n) is 15.9. The number of nitrogens with one attached hydrogen (secondary N) is 3. The van der Waals surface area contributed by atoms with Crippen molar-refractivity contribution in [1.82, 2.24) is 4.98 Å². The standard InChI is InChI=1S/C26H21N3/c1-3-7-21(8-4-1)27-23-14-11-19(12-15-23)25-17-20-13-16-24(18-26(20)29-25)28-22-9-5-2-6-10-22/h1-18,27-29H. The van der Waals surface area contributed by atoms with Crippen LogP contribution in [0.5, 0.6) is 0 Å². The van der Waals surface area contributed by atoms with Crippen LogP contribution in [0.3, 0.4) is 0 Å². The lowest BCUT2D eigenvalue weighted by Gasteiger charge is -2.07. The van der Waals surface area contributed by atoms with Gasteiger partial charge in [-0.2, -0.15) is 0 Å². The second-order valence-electron chi connectivity index (χ2n) is 7.04. The van der Waals surface area contributed by atoms with Crippen LogP contribution in [0.25, 0.3) is 22.2 Å². The Labute approximate surface area is 170 Å². The number of aromatic nitrogens is 1. The molecule has 1 aromatic heterocycles. The maximum atomic E-state index is 3.55. The highest BCUT2D eigenvalue weighted by atomic mass is 14.9. The summed E-state index contributed by atoms with van der Waals surface area (Å²) in [6, 6.07) is 37.5. The summed E-state index contributed by atoms with van der Waals surface area (Å²) in [7, 11) is 0. The molecule has 0 saturated heterocycles. The summed E-state index contributed by atoms with van der Waals surface area (Å²) in [6.45, 7) is 0. The third-order valence-electron chi connectivity index (χ3n) is 4.94. The van der Waals surface area contributed by atoms with E-state index in [1.807, 2.05) is 36.4 Å². The van der Waals surface area contributed by atoms with Gasteiger partial charge in [-0.15, -0.1) is 0 Å². The molecule has 3 N–H and O–H groups in total. The van der Waals surface area contributed by atoms with Crippen molar-refractivity contribution < 1.29 is 0 Å². The number of rotatable bonds is 5. The average Bonchev–Trinajstić information content (AvgIpc) is 3.19. The Morgan fingerprint density at radius 1 is 0.483 bits per heavy atom. The van der Waals surface area contributed by atoms with E-state index in [9.17, 15) is 0 Å². The highest BCUT2D eigenvalue weighted by Crippen LogP contribution is 2.28. The minimum absolute atomic E-state index is 1.07. The number of H-pyrrole nitrogens is 1. The van der Waals surface area contributed by atoms with Crippen molar-refractivity contribution in [3.8, 4) is 11.3 Å². The van der Waals surface area contributed by atoms with E-state index in [0.29, 0.717) is 0 Å². The number of para-hydroxylation sites is 2. The highest BCUT2D eigenvalue weighted by Gasteiger charge is 2.05. The third kappa shape index (κ3) is 3.85. The molecule has 0 unspecified atom stereocenters. The fourth-order valence-corrected chi connectivity index (χ4v) is 3.47. The first-order valence-corrected chi connectivity index (χ1v) is 9.71. The van der Waals surface area contributed by atoms with Gasteiger partial charge in [-0.3, -0.25) is 0 Å². The summed E-state index contributed by atoms with van der Waals surface area (Å²) in [4.78, 5) is 3.55. The molecule has 0 amide bonds. The van der Waals surface area contributed by atoms with Gasteiger partial charge in [-0.05, 0) is 60.2 Å². The summed E-state index contributed by atoms with van der Waals surface area (Å²) in [5.41, 5.74) is 7.71. The van der Waals surface area contributed by atoms with Crippen molar-refractivity contribution >= 4 is 33.7 Å². The molecule has 140 valence electrons. The molecule has 0 radical (unpaired) electrons. The molecule has 0 bridgehead atoms. The Balaban J connectivity index is 1.37. The number of hydrogen-bond acceptors (Lipinski definition) is 2. The molecule has 0 aliphatic carbocycles. The SMILES string of the molecule is c1ccc(Nc2ccc(-c3cc4ccc(Nc5ccccc5)cc4[nH]3)cc2)cc1. The fourth-order valence-electron chi connectivity index (χ4n) is 3.47. The van der Waals surface area contributed by atoms with E-state index in [1.54, 1.807) is 0 Å². The minimum atomic E-state index is 1.07. The first-order valence-electron chi connectivity index (χ1n) is 9.71. The topological polar surface area (TPSA) is 39.8 Å². The van der Waals surface area contributed by atoms with E-state index in [0.717, 1.165) is 39.5 Å². The minimum Gasteiger partial charge on any atom is -0.356 e. The smallest absolute Gasteiger partial charge is 0.0479 e. The molecular formula is C26H21N3. The number of hydrogen-bond donors (Lipinski definition) is 3. The molecule has 5 aromatic rings. The van der Waals surface area contributed by atoms with E-state index in [2.05, 4.69) is 88.4 Å². The van der Waals surface area contributed by atoms with Crippen molar-refractivity contribution in [2.75, 3.05) is 10.6 Å². The molecule has 29 heavy (non-hydrogen) atoms. The predicted octanol–water partition coefficient (Wildman–Crippen LogP) is 7.32. The van der Waals surface area contributed by atoms with Gasteiger partial charge < -0.3 is 15.6 Å². The molecule has 0 atom stereocenters. The fraction of sp³-hybridized carbons (Fsp3) is 0. The number of fused-ring (bicyclic) bond motifs is 1. The van der Waals surface area contributed by atoms with Gasteiger partial charge in [0.25, 0.3) is 0 Å². The lowest BCUT2D eigenvalue weighted by atomic mass is 10.1. The zero-order valence-corrected chi connectivity index (χ0v) is 15.9. The molecule has 0 aliphatic rings. The van der Waals surface area contributed by atoms with Crippen LogP contribution in [0, 0.1) is 0 Å². The van der Waals surface area contributed by atoms with Crippen LogP contribution in [-0.4, -0.2) is 4.98 Å². The Hall–Kier alpha value is -3.98. The van der Waals surface area contributed by atoms with Gasteiger partial charge in [0.1, 0.15) is 0 Å². The van der Waals surface area contributed by atoms with Crippen molar-refractivity contribution in [3.63, 3.8) is 0 Å². The Morgan fingerprint density at radius 3 is 1.69 bits per heavy atom. The maximum absolute atomic E-state index is 3.55. The summed E-state index contributed by atoms with van der Waals surface area (Å²) in [5.74, 6) is 0. The molecule has 3 nitrogen and oxygen atoms in total. The largest absolute Gasteiger partial charge is 0.356 e. The van der Waals surface area contributed by atoms with Crippen molar-refractivity contribution in [1.29, 1.82) is 0 Å². The van der Waals surface area contributed by atoms with Gasteiger partial charge in [0.15, 0.2) is 0 Å². The van der Waals surface area contributed by atoms with Crippen molar-refractivity contribution in [2.45, 2.75) is 0 Å². The van der Waals surface area contributed by atoms with Gasteiger partial charge >= 0.3 is 0 Å². The van der Waals surface area contributed by atoms with E-state index >= 15 is 0 Å². The molecule has 0 saturated carbocycles. The molecule has 4 aromatic carbocycles. The van der Waals surface area contributed by atoms with Crippen LogP contribution in [0.4, 0.5) is 22.7 Å². The van der Waals surface area contributed by atoms with Gasteiger partial charge in [0.05, 0.1) is 0 Å². The van der Waals surface area contributed by atoms with Gasteiger partial charge in [-0.25, -0.2) is 0 Å². The van der Waals surface area contributed by atoms with E-state index in [4.69, 9.17) is 0 Å². The summed E-state index contributed by atoms with van der Waals surface area (Å²) in [6.07, 6.45) is 0. The first-order chi connectivity index (χ1) is 14.3. The van der Waals surface area contributed by atoms with Crippen LogP contribution < -0.4 is 10.6 Å². The summed E-state index contributed by atoms with van der Waals surface area (Å²) < 4.78 is 0. The van der Waals surface area contributed by atoms with E-state index in [-0.39, 0.29) is 0 Å². The molecule has 0 aliphatic heterocycles. The van der Waals surface area contributed by atoms with E-state index < -0.39 is 0 Å². The normalized spacial score (nSPS) is 10.8. The number of anilines is 4. The number of aromatic amines is 1. The van der Waals surface area contributed by atoms with Crippen molar-refractivity contribution in [3.05, 3.63) is 109 Å². The molecule has 3 heteroatoms. The Bertz CT molecular complexity index is 1220. The Morgan fingerprint density at radius 2 is 1.03 bits per heavy atom. The molecule has 0 spiro atoms. The Kier molecular flexibility index (Phi) is 4.47. The van der Waals surface area contributed by atoms with Gasteiger partial charge in [0.2, 0.25) is 0 Å². The molecule has 5 rings (SSSR count). The van der Waals surface area contributed by atoms with E-state index in [1.165, 1.54) is 5.39 Å². The molecule has 1 heterocycles. The molecular weight excluding hydrogens is 354 g/mol. The second kappa shape index (κ2) is 7.56. The predicted molar refractivity (Wildman–Crippen MR) is 123 cm³/mol. The lowest BCUT2D eigenvalue weighted by molar-refractivity contribution is 1.44. The third-order valence-corrected chi connectivity index (χ3v) is 4.94. The quantitative estimate of drug-likeness (QED) is 0.301. The summed E-state index contributed by atoms with van der Waals surface area (Å²) in [5, 5.41) is 8.07. The van der Waals surface area contributed by atoms with Crippen LogP contribution in [-0.2, 0) is 0 Å². The first kappa shape index (κ1) is 17.1. The van der Waals surface area contributed by atoms with Crippen LogP contribution in [0.1, 0.15) is 0 Å². The summed E-state index contributed by atoms with van der Waals surface area (Å²) >= 11 is 0. The van der Waals surface area contributed by atoms with Crippen LogP contribution in [0.2, 0.25) is 0 Å². The van der Waals surface area contributed by atoms with Crippen LogP contribution >= 0.6 is 0 Å². The highest BCUT2D eigenvalue weighted by molar-refractivity contribution is 5.89. The monoisotopic (exact) mass is 375 g/mol. The second-order valence-corrected chi connectivity index (χ2v) is 7.04. The van der Waals surface area contributed by atoms with Crippen LogP contribution in [0.15, 0.2) is 109 Å². The van der Waals surface area contributed by atoms with Crippen molar-refractivity contribution in [2.24, 2.45) is 0 Å². The molecule has 0 fully saturated rings. The van der Waals surface area contributed by atoms with Gasteiger partial charge in [0, 0.05) is 39.3 Å².